The molecular formula is C21H25ClN2O3. The highest BCUT2D eigenvalue weighted by Gasteiger charge is 2.16. The highest BCUT2D eigenvalue weighted by atomic mass is 35.5. The number of rotatable bonds is 8. The molecule has 0 aliphatic carbocycles. The fraction of sp³-hybridized carbons (Fsp3) is 0.381. The lowest BCUT2D eigenvalue weighted by molar-refractivity contribution is -0.142. The lowest BCUT2D eigenvalue weighted by Crippen LogP contribution is -2.46. The Morgan fingerprint density at radius 1 is 0.926 bits per heavy atom. The summed E-state index contributed by atoms with van der Waals surface area (Å²) in [6.45, 7) is 5.99. The van der Waals surface area contributed by atoms with E-state index in [1.54, 1.807) is 0 Å². The molecule has 3 rings (SSSR count). The van der Waals surface area contributed by atoms with Crippen LogP contribution in [-0.4, -0.2) is 66.8 Å². The Hall–Kier alpha value is -1.92. The zero-order valence-corrected chi connectivity index (χ0v) is 16.1. The van der Waals surface area contributed by atoms with Crippen LogP contribution in [0.1, 0.15) is 5.56 Å². The summed E-state index contributed by atoms with van der Waals surface area (Å²) in [5.41, 5.74) is 3.68. The number of carboxylic acids is 1. The quantitative estimate of drug-likeness (QED) is 0.704. The van der Waals surface area contributed by atoms with Gasteiger partial charge in [-0.05, 0) is 28.8 Å². The van der Waals surface area contributed by atoms with Crippen LogP contribution in [-0.2, 0) is 16.1 Å². The van der Waals surface area contributed by atoms with Crippen molar-refractivity contribution in [3.63, 3.8) is 0 Å². The van der Waals surface area contributed by atoms with Crippen LogP contribution in [0, 0.1) is 0 Å². The van der Waals surface area contributed by atoms with Crippen LogP contribution in [0.25, 0.3) is 11.1 Å². The molecule has 0 radical (unpaired) electrons. The van der Waals surface area contributed by atoms with Gasteiger partial charge in [-0.3, -0.25) is 9.80 Å². The van der Waals surface area contributed by atoms with Crippen LogP contribution in [0.15, 0.2) is 48.5 Å². The molecule has 0 bridgehead atoms. The molecule has 2 aromatic rings. The van der Waals surface area contributed by atoms with E-state index in [1.165, 1.54) is 16.7 Å². The van der Waals surface area contributed by atoms with Gasteiger partial charge in [-0.2, -0.15) is 0 Å². The van der Waals surface area contributed by atoms with Crippen molar-refractivity contribution in [1.82, 2.24) is 9.80 Å². The van der Waals surface area contributed by atoms with Gasteiger partial charge in [-0.1, -0.05) is 48.0 Å². The first-order chi connectivity index (χ1) is 13.1. The van der Waals surface area contributed by atoms with Crippen molar-refractivity contribution < 1.29 is 14.6 Å². The number of piperazine rings is 1. The van der Waals surface area contributed by atoms with Crippen LogP contribution in [0.4, 0.5) is 0 Å². The molecule has 1 saturated heterocycles. The molecule has 1 aliphatic rings. The maximum atomic E-state index is 10.4. The van der Waals surface area contributed by atoms with Crippen molar-refractivity contribution in [2.75, 3.05) is 45.9 Å². The molecule has 5 nitrogen and oxygen atoms in total. The second kappa shape index (κ2) is 9.85. The Labute approximate surface area is 165 Å². The first kappa shape index (κ1) is 19.8. The summed E-state index contributed by atoms with van der Waals surface area (Å²) < 4.78 is 5.11. The molecule has 0 amide bonds. The SMILES string of the molecule is O=C(O)COCCN1CCN(Cc2ccc(-c3ccc(Cl)cc3)cc2)CC1. The normalized spacial score (nSPS) is 15.7. The fourth-order valence-corrected chi connectivity index (χ4v) is 3.35. The Bertz CT molecular complexity index is 726. The minimum Gasteiger partial charge on any atom is -0.480 e. The molecule has 144 valence electrons. The van der Waals surface area contributed by atoms with Crippen molar-refractivity contribution in [2.45, 2.75) is 6.54 Å². The molecule has 1 N–H and O–H groups in total. The molecule has 1 aliphatic heterocycles. The summed E-state index contributed by atoms with van der Waals surface area (Å²) in [7, 11) is 0. The first-order valence-corrected chi connectivity index (χ1v) is 9.57. The van der Waals surface area contributed by atoms with E-state index in [1.807, 2.05) is 24.3 Å². The molecule has 0 aromatic heterocycles. The number of carboxylic acid groups (broad SMARTS) is 1. The lowest BCUT2D eigenvalue weighted by Gasteiger charge is -2.34. The van der Waals surface area contributed by atoms with Gasteiger partial charge >= 0.3 is 5.97 Å². The number of aliphatic carboxylic acids is 1. The van der Waals surface area contributed by atoms with Crippen molar-refractivity contribution in [2.24, 2.45) is 0 Å². The summed E-state index contributed by atoms with van der Waals surface area (Å²) in [6, 6.07) is 16.6. The number of hydrogen-bond donors (Lipinski definition) is 1. The zero-order chi connectivity index (χ0) is 19.1. The summed E-state index contributed by atoms with van der Waals surface area (Å²) in [5, 5.41) is 9.32. The predicted octanol–water partition coefficient (Wildman–Crippen LogP) is 3.23. The molecule has 0 unspecified atom stereocenters. The van der Waals surface area contributed by atoms with Crippen LogP contribution >= 0.6 is 11.6 Å². The van der Waals surface area contributed by atoms with E-state index in [-0.39, 0.29) is 6.61 Å². The van der Waals surface area contributed by atoms with E-state index in [0.717, 1.165) is 44.3 Å². The molecule has 6 heteroatoms. The van der Waals surface area contributed by atoms with Crippen molar-refractivity contribution in [1.29, 1.82) is 0 Å². The maximum Gasteiger partial charge on any atom is 0.329 e. The number of halogens is 1. The summed E-state index contributed by atoms with van der Waals surface area (Å²) >= 11 is 5.95. The highest BCUT2D eigenvalue weighted by Crippen LogP contribution is 2.22. The average Bonchev–Trinajstić information content (AvgIpc) is 2.68. The van der Waals surface area contributed by atoms with Gasteiger partial charge < -0.3 is 9.84 Å². The Morgan fingerprint density at radius 3 is 2.07 bits per heavy atom. The Kier molecular flexibility index (Phi) is 7.24. The van der Waals surface area contributed by atoms with Crippen molar-refractivity contribution in [3.05, 3.63) is 59.1 Å². The number of benzene rings is 2. The lowest BCUT2D eigenvalue weighted by atomic mass is 10.0. The highest BCUT2D eigenvalue weighted by molar-refractivity contribution is 6.30. The van der Waals surface area contributed by atoms with E-state index >= 15 is 0 Å². The number of ether oxygens (including phenoxy) is 1. The van der Waals surface area contributed by atoms with Crippen LogP contribution in [0.3, 0.4) is 0 Å². The van der Waals surface area contributed by atoms with Gasteiger partial charge in [-0.25, -0.2) is 4.79 Å². The van der Waals surface area contributed by atoms with E-state index in [9.17, 15) is 4.79 Å². The van der Waals surface area contributed by atoms with Crippen molar-refractivity contribution in [3.8, 4) is 11.1 Å². The second-order valence-corrected chi connectivity index (χ2v) is 7.20. The van der Waals surface area contributed by atoms with Gasteiger partial charge in [0.1, 0.15) is 6.61 Å². The largest absolute Gasteiger partial charge is 0.480 e. The second-order valence-electron chi connectivity index (χ2n) is 6.77. The van der Waals surface area contributed by atoms with Crippen LogP contribution in [0.2, 0.25) is 5.02 Å². The van der Waals surface area contributed by atoms with E-state index in [2.05, 4.69) is 34.1 Å². The van der Waals surface area contributed by atoms with Crippen LogP contribution in [0.5, 0.6) is 0 Å². The van der Waals surface area contributed by atoms with Gasteiger partial charge in [-0.15, -0.1) is 0 Å². The summed E-state index contributed by atoms with van der Waals surface area (Å²) in [5.74, 6) is -0.915. The van der Waals surface area contributed by atoms with Gasteiger partial charge in [0.25, 0.3) is 0 Å². The topological polar surface area (TPSA) is 53.0 Å². The predicted molar refractivity (Wildman–Crippen MR) is 107 cm³/mol. The molecule has 1 heterocycles. The molecule has 0 spiro atoms. The molecule has 2 aromatic carbocycles. The smallest absolute Gasteiger partial charge is 0.329 e. The Balaban J connectivity index is 1.42. The number of nitrogens with zero attached hydrogens (tertiary/aromatic N) is 2. The summed E-state index contributed by atoms with van der Waals surface area (Å²) in [6.07, 6.45) is 0. The van der Waals surface area contributed by atoms with Crippen molar-refractivity contribution >= 4 is 17.6 Å². The van der Waals surface area contributed by atoms with E-state index < -0.39 is 5.97 Å². The maximum absolute atomic E-state index is 10.4. The third kappa shape index (κ3) is 6.33. The first-order valence-electron chi connectivity index (χ1n) is 9.19. The minimum atomic E-state index is -0.915. The standard InChI is InChI=1S/C21H25ClN2O3/c22-20-7-5-19(6-8-20)18-3-1-17(2-4-18)15-24-11-9-23(10-12-24)13-14-27-16-21(25)26/h1-8H,9-16H2,(H,25,26). The fourth-order valence-electron chi connectivity index (χ4n) is 3.23. The Morgan fingerprint density at radius 2 is 1.48 bits per heavy atom. The average molecular weight is 389 g/mol. The number of hydrogen-bond acceptors (Lipinski definition) is 4. The third-order valence-corrected chi connectivity index (χ3v) is 5.03. The molecule has 0 saturated carbocycles. The molecular weight excluding hydrogens is 364 g/mol. The van der Waals surface area contributed by atoms with E-state index in [0.29, 0.717) is 6.61 Å². The minimum absolute atomic E-state index is 0.216. The third-order valence-electron chi connectivity index (χ3n) is 4.78. The molecule has 1 fully saturated rings. The van der Waals surface area contributed by atoms with E-state index in [4.69, 9.17) is 21.4 Å². The number of carbonyl (C=O) groups is 1. The monoisotopic (exact) mass is 388 g/mol. The van der Waals surface area contributed by atoms with Gasteiger partial charge in [0.2, 0.25) is 0 Å². The van der Waals surface area contributed by atoms with Gasteiger partial charge in [0, 0.05) is 44.3 Å². The van der Waals surface area contributed by atoms with Gasteiger partial charge in [0.15, 0.2) is 0 Å². The van der Waals surface area contributed by atoms with Gasteiger partial charge in [0.05, 0.1) is 6.61 Å². The molecule has 0 atom stereocenters. The van der Waals surface area contributed by atoms with Crippen LogP contribution < -0.4 is 0 Å². The zero-order valence-electron chi connectivity index (χ0n) is 15.3. The summed E-state index contributed by atoms with van der Waals surface area (Å²) in [4.78, 5) is 15.2. The molecule has 27 heavy (non-hydrogen) atoms.